The van der Waals surface area contributed by atoms with Gasteiger partial charge >= 0.3 is 0 Å². The van der Waals surface area contributed by atoms with Crippen molar-refractivity contribution < 1.29 is 9.47 Å². The van der Waals surface area contributed by atoms with E-state index in [-0.39, 0.29) is 5.60 Å². The van der Waals surface area contributed by atoms with Crippen LogP contribution < -0.4 is 5.32 Å². The topological polar surface area (TPSA) is 30.5 Å². The van der Waals surface area contributed by atoms with E-state index in [1.54, 1.807) is 0 Å². The van der Waals surface area contributed by atoms with Crippen LogP contribution in [0.15, 0.2) is 28.7 Å². The second-order valence-electron chi connectivity index (χ2n) is 5.68. The van der Waals surface area contributed by atoms with Gasteiger partial charge in [0.05, 0.1) is 5.60 Å². The van der Waals surface area contributed by atoms with Gasteiger partial charge in [-0.15, -0.1) is 0 Å². The molecular formula is C17H26BrNO2. The minimum Gasteiger partial charge on any atom is -0.381 e. The first kappa shape index (κ1) is 16.9. The fourth-order valence-corrected chi connectivity index (χ4v) is 3.51. The molecule has 1 N–H and O–H groups in total. The van der Waals surface area contributed by atoms with E-state index in [0.717, 1.165) is 45.4 Å². The molecule has 0 radical (unpaired) electrons. The van der Waals surface area contributed by atoms with Crippen molar-refractivity contribution in [3.8, 4) is 0 Å². The second-order valence-corrected chi connectivity index (χ2v) is 6.54. The highest BCUT2D eigenvalue weighted by Gasteiger charge is 2.40. The van der Waals surface area contributed by atoms with Crippen molar-refractivity contribution in [1.29, 1.82) is 0 Å². The zero-order valence-corrected chi connectivity index (χ0v) is 14.6. The Morgan fingerprint density at radius 2 is 2.05 bits per heavy atom. The number of hydrogen-bond acceptors (Lipinski definition) is 3. The summed E-state index contributed by atoms with van der Waals surface area (Å²) in [5, 5.41) is 3.71. The highest BCUT2D eigenvalue weighted by molar-refractivity contribution is 9.10. The molecule has 1 aliphatic rings. The quantitative estimate of drug-likeness (QED) is 0.811. The van der Waals surface area contributed by atoms with Crippen LogP contribution in [-0.2, 0) is 15.9 Å². The lowest BCUT2D eigenvalue weighted by Gasteiger charge is -2.43. The fraction of sp³-hybridized carbons (Fsp3) is 0.647. The van der Waals surface area contributed by atoms with E-state index in [9.17, 15) is 0 Å². The highest BCUT2D eigenvalue weighted by atomic mass is 79.9. The lowest BCUT2D eigenvalue weighted by molar-refractivity contribution is -0.110. The first-order valence-electron chi connectivity index (χ1n) is 7.81. The van der Waals surface area contributed by atoms with Crippen LogP contribution in [0.25, 0.3) is 0 Å². The Bertz CT molecular complexity index is 433. The van der Waals surface area contributed by atoms with E-state index in [1.165, 1.54) is 10.0 Å². The van der Waals surface area contributed by atoms with Gasteiger partial charge in [0.1, 0.15) is 0 Å². The zero-order valence-electron chi connectivity index (χ0n) is 13.0. The van der Waals surface area contributed by atoms with Crippen molar-refractivity contribution in [3.63, 3.8) is 0 Å². The van der Waals surface area contributed by atoms with Gasteiger partial charge in [-0.2, -0.15) is 0 Å². The monoisotopic (exact) mass is 355 g/mol. The van der Waals surface area contributed by atoms with Crippen LogP contribution in [0.5, 0.6) is 0 Å². The summed E-state index contributed by atoms with van der Waals surface area (Å²) in [7, 11) is 1.84. The molecule has 0 saturated carbocycles. The molecule has 0 aromatic heterocycles. The van der Waals surface area contributed by atoms with Crippen LogP contribution in [-0.4, -0.2) is 38.5 Å². The highest BCUT2D eigenvalue weighted by Crippen LogP contribution is 2.31. The van der Waals surface area contributed by atoms with Gasteiger partial charge in [-0.3, -0.25) is 0 Å². The summed E-state index contributed by atoms with van der Waals surface area (Å²) in [6, 6.07) is 8.76. The van der Waals surface area contributed by atoms with Gasteiger partial charge in [-0.1, -0.05) is 41.1 Å². The van der Waals surface area contributed by atoms with Crippen molar-refractivity contribution in [2.45, 2.75) is 44.2 Å². The number of hydrogen-bond donors (Lipinski definition) is 1. The molecule has 3 nitrogen and oxygen atoms in total. The number of benzene rings is 1. The number of ether oxygens (including phenoxy) is 2. The molecule has 0 amide bonds. The van der Waals surface area contributed by atoms with Crippen LogP contribution in [0.2, 0.25) is 0 Å². The maximum absolute atomic E-state index is 5.99. The Balaban J connectivity index is 2.18. The molecule has 1 atom stereocenters. The Kier molecular flexibility index (Phi) is 6.68. The summed E-state index contributed by atoms with van der Waals surface area (Å²) in [6.07, 6.45) is 4.00. The molecule has 1 heterocycles. The third-order valence-electron chi connectivity index (χ3n) is 4.40. The molecule has 1 unspecified atom stereocenters. The van der Waals surface area contributed by atoms with Crippen LogP contribution in [0.4, 0.5) is 0 Å². The van der Waals surface area contributed by atoms with Crippen LogP contribution in [0.1, 0.15) is 31.7 Å². The van der Waals surface area contributed by atoms with Gasteiger partial charge < -0.3 is 14.8 Å². The van der Waals surface area contributed by atoms with Crippen LogP contribution >= 0.6 is 15.9 Å². The van der Waals surface area contributed by atoms with Crippen molar-refractivity contribution in [1.82, 2.24) is 5.32 Å². The lowest BCUT2D eigenvalue weighted by atomic mass is 9.82. The lowest BCUT2D eigenvalue weighted by Crippen LogP contribution is -2.56. The SMILES string of the molecule is CCCNC(Cc1ccccc1Br)C1(OC)CCOCC1. The molecule has 0 spiro atoms. The molecule has 21 heavy (non-hydrogen) atoms. The first-order valence-corrected chi connectivity index (χ1v) is 8.61. The van der Waals surface area contributed by atoms with E-state index < -0.39 is 0 Å². The summed E-state index contributed by atoms with van der Waals surface area (Å²) in [5.41, 5.74) is 1.21. The smallest absolute Gasteiger partial charge is 0.0877 e. The van der Waals surface area contributed by atoms with E-state index in [1.807, 2.05) is 7.11 Å². The third kappa shape index (κ3) is 4.28. The average molecular weight is 356 g/mol. The molecule has 1 saturated heterocycles. The maximum Gasteiger partial charge on any atom is 0.0877 e. The van der Waals surface area contributed by atoms with Crippen LogP contribution in [0, 0.1) is 0 Å². The molecule has 2 rings (SSSR count). The summed E-state index contributed by atoms with van der Waals surface area (Å²) in [4.78, 5) is 0. The van der Waals surface area contributed by atoms with Gasteiger partial charge in [0.15, 0.2) is 0 Å². The molecule has 118 valence electrons. The predicted molar refractivity (Wildman–Crippen MR) is 89.7 cm³/mol. The Labute approximate surface area is 136 Å². The summed E-state index contributed by atoms with van der Waals surface area (Å²) >= 11 is 3.66. The minimum absolute atomic E-state index is 0.122. The summed E-state index contributed by atoms with van der Waals surface area (Å²) < 4.78 is 12.7. The summed E-state index contributed by atoms with van der Waals surface area (Å²) in [5.74, 6) is 0. The third-order valence-corrected chi connectivity index (χ3v) is 5.18. The second kappa shape index (κ2) is 8.28. The maximum atomic E-state index is 5.99. The van der Waals surface area contributed by atoms with Crippen molar-refractivity contribution in [2.24, 2.45) is 0 Å². The molecule has 1 aliphatic heterocycles. The normalized spacial score (nSPS) is 19.4. The van der Waals surface area contributed by atoms with Gasteiger partial charge in [0.25, 0.3) is 0 Å². The molecule has 4 heteroatoms. The molecule has 1 fully saturated rings. The van der Waals surface area contributed by atoms with Gasteiger partial charge in [-0.05, 0) is 31.0 Å². The number of rotatable bonds is 7. The summed E-state index contributed by atoms with van der Waals surface area (Å²) in [6.45, 7) is 4.79. The van der Waals surface area contributed by atoms with Crippen molar-refractivity contribution in [3.05, 3.63) is 34.3 Å². The first-order chi connectivity index (χ1) is 10.2. The largest absolute Gasteiger partial charge is 0.381 e. The van der Waals surface area contributed by atoms with Gasteiger partial charge in [0.2, 0.25) is 0 Å². The Morgan fingerprint density at radius 3 is 2.67 bits per heavy atom. The molecule has 1 aromatic carbocycles. The van der Waals surface area contributed by atoms with Gasteiger partial charge in [0, 0.05) is 43.7 Å². The predicted octanol–water partition coefficient (Wildman–Crippen LogP) is 3.56. The Hall–Kier alpha value is -0.420. The number of halogens is 1. The van der Waals surface area contributed by atoms with Crippen molar-refractivity contribution >= 4 is 15.9 Å². The van der Waals surface area contributed by atoms with E-state index >= 15 is 0 Å². The van der Waals surface area contributed by atoms with Crippen LogP contribution in [0.3, 0.4) is 0 Å². The van der Waals surface area contributed by atoms with E-state index in [0.29, 0.717) is 6.04 Å². The van der Waals surface area contributed by atoms with E-state index in [4.69, 9.17) is 9.47 Å². The molecule has 0 bridgehead atoms. The van der Waals surface area contributed by atoms with E-state index in [2.05, 4.69) is 52.4 Å². The molecule has 0 aliphatic carbocycles. The molecular weight excluding hydrogens is 330 g/mol. The number of methoxy groups -OCH3 is 1. The van der Waals surface area contributed by atoms with Gasteiger partial charge in [-0.25, -0.2) is 0 Å². The molecule has 1 aromatic rings. The standard InChI is InChI=1S/C17H26BrNO2/c1-3-10-19-16(13-14-6-4-5-7-15(14)18)17(20-2)8-11-21-12-9-17/h4-7,16,19H,3,8-13H2,1-2H3. The average Bonchev–Trinajstić information content (AvgIpc) is 2.53. The number of nitrogens with one attached hydrogen (secondary N) is 1. The fourth-order valence-electron chi connectivity index (χ4n) is 3.06. The minimum atomic E-state index is -0.122. The van der Waals surface area contributed by atoms with Crippen molar-refractivity contribution in [2.75, 3.05) is 26.9 Å². The zero-order chi connectivity index (χ0) is 15.1. The Morgan fingerprint density at radius 1 is 1.33 bits per heavy atom.